The average Bonchev–Trinajstić information content (AvgIpc) is 0.884. The lowest BCUT2D eigenvalue weighted by Crippen LogP contribution is -2.19. The molecule has 6 N–H and O–H groups in total. The standard InChI is InChI=1S/C68H144O44P6S2/c1-67(2,3)111-117(77,78)109-63-55-99-47-39-91-31-23-83-21-29-89-37-45-97-53-61-107-115(73,74)105-59-51-95-43-35-87-27-19-81-17-25-85-33-41-93-49-57-103-113(69,70)101-15-11-7-9-13-65-119-120-66-14-10-8-12-16-102-114(71,72)104-58-50-94-42-34-86-26-18-82-20-28-88-36-44-96-52-60-106-116(75,76)108-62-54-98-46-38-90-30-22-84-24-32-92-40-48-100-56-64-110-118(79,80)112-68(4,5)6/h7-66H2,1-6H3,(H,69,70)(H,71,72)(H,73,74)(H,75,76)(H,77,78)(H,79,80). The van der Waals surface area contributed by atoms with Gasteiger partial charge in [-0.1, -0.05) is 47.3 Å². The zero-order valence-corrected chi connectivity index (χ0v) is 78.1. The van der Waals surface area contributed by atoms with Crippen molar-refractivity contribution in [3.63, 3.8) is 0 Å². The number of hydrogen-bond donors (Lipinski definition) is 6. The Morgan fingerprint density at radius 3 is 0.425 bits per heavy atom. The van der Waals surface area contributed by atoms with E-state index in [0.717, 1.165) is 50.0 Å². The summed E-state index contributed by atoms with van der Waals surface area (Å²) in [6.45, 7) is 19.3. The third kappa shape index (κ3) is 97.6. The Bertz CT molecular complexity index is 2380. The number of hydrogen-bond acceptors (Lipinski definition) is 40. The van der Waals surface area contributed by atoms with Crippen LogP contribution in [0.4, 0.5) is 0 Å². The molecule has 0 heterocycles. The van der Waals surface area contributed by atoms with Crippen LogP contribution in [0.1, 0.15) is 92.9 Å². The predicted molar refractivity (Wildman–Crippen MR) is 438 cm³/mol. The highest BCUT2D eigenvalue weighted by atomic mass is 33.1. The fourth-order valence-corrected chi connectivity index (χ4v) is 15.5. The summed E-state index contributed by atoms with van der Waals surface area (Å²) in [5, 5.41) is 0. The monoisotopic (exact) mass is 1910 g/mol. The number of rotatable bonds is 99. The van der Waals surface area contributed by atoms with Crippen molar-refractivity contribution in [2.75, 3.05) is 342 Å². The Morgan fingerprint density at radius 2 is 0.283 bits per heavy atom. The van der Waals surface area contributed by atoms with E-state index in [4.69, 9.17) is 149 Å². The first kappa shape index (κ1) is 121. The lowest BCUT2D eigenvalue weighted by molar-refractivity contribution is -0.0176. The largest absolute Gasteiger partial charge is 0.472 e. The molecule has 44 nitrogen and oxygen atoms in total. The van der Waals surface area contributed by atoms with Crippen molar-refractivity contribution in [3.8, 4) is 0 Å². The van der Waals surface area contributed by atoms with Crippen LogP contribution in [0.3, 0.4) is 0 Å². The molecule has 0 saturated heterocycles. The van der Waals surface area contributed by atoms with Gasteiger partial charge >= 0.3 is 46.9 Å². The highest BCUT2D eigenvalue weighted by molar-refractivity contribution is 8.76. The molecule has 0 aromatic heterocycles. The first-order valence-corrected chi connectivity index (χ1v) is 51.5. The minimum Gasteiger partial charge on any atom is -0.377 e. The maximum atomic E-state index is 12.2. The molecule has 0 spiro atoms. The Balaban J connectivity index is 3.42. The van der Waals surface area contributed by atoms with E-state index >= 15 is 0 Å². The Kier molecular flexibility index (Phi) is 83.1. The van der Waals surface area contributed by atoms with E-state index in [1.54, 1.807) is 41.5 Å². The molecule has 120 heavy (non-hydrogen) atoms. The summed E-state index contributed by atoms with van der Waals surface area (Å²) < 4.78 is 239. The van der Waals surface area contributed by atoms with Gasteiger partial charge in [-0.3, -0.25) is 54.3 Å². The van der Waals surface area contributed by atoms with Crippen LogP contribution in [0.2, 0.25) is 0 Å². The van der Waals surface area contributed by atoms with Gasteiger partial charge in [0.1, 0.15) is 0 Å². The predicted octanol–water partition coefficient (Wildman–Crippen LogP) is 8.22. The molecule has 0 radical (unpaired) electrons. The van der Waals surface area contributed by atoms with Gasteiger partial charge < -0.3 is 124 Å². The van der Waals surface area contributed by atoms with Crippen LogP contribution in [-0.2, 0) is 176 Å². The molecule has 0 saturated carbocycles. The van der Waals surface area contributed by atoms with Crippen molar-refractivity contribution in [1.29, 1.82) is 0 Å². The molecule has 0 aliphatic heterocycles. The molecule has 0 amide bonds. The highest BCUT2D eigenvalue weighted by Gasteiger charge is 2.30. The maximum Gasteiger partial charge on any atom is 0.472 e. The molecular weight excluding hydrogens is 1770 g/mol. The second kappa shape index (κ2) is 82.7. The third-order valence-corrected chi connectivity index (χ3v) is 22.6. The summed E-state index contributed by atoms with van der Waals surface area (Å²) in [7, 11) is -21.6. The highest BCUT2D eigenvalue weighted by Crippen LogP contribution is 2.49. The van der Waals surface area contributed by atoms with E-state index in [9.17, 15) is 56.8 Å². The van der Waals surface area contributed by atoms with Crippen molar-refractivity contribution >= 4 is 68.5 Å². The first-order chi connectivity index (χ1) is 57.4. The van der Waals surface area contributed by atoms with Crippen molar-refractivity contribution in [2.45, 2.75) is 104 Å². The van der Waals surface area contributed by atoms with Crippen molar-refractivity contribution < 1.29 is 206 Å². The van der Waals surface area contributed by atoms with E-state index in [1.807, 2.05) is 21.6 Å². The quantitative estimate of drug-likeness (QED) is 0.0190. The number of unbranched alkanes of at least 4 members (excludes halogenated alkanes) is 6. The fraction of sp³-hybridized carbons (Fsp3) is 1.00. The minimum absolute atomic E-state index is 0.0462. The molecule has 0 aliphatic rings. The lowest BCUT2D eigenvalue weighted by atomic mass is 10.2. The summed E-state index contributed by atoms with van der Waals surface area (Å²) in [5.74, 6) is 1.97. The molecule has 0 rings (SSSR count). The summed E-state index contributed by atoms with van der Waals surface area (Å²) in [6.07, 6.45) is 6.90. The van der Waals surface area contributed by atoms with Crippen LogP contribution < -0.4 is 0 Å². The normalized spacial score (nSPS) is 15.4. The lowest BCUT2D eigenvalue weighted by Gasteiger charge is -2.22. The van der Waals surface area contributed by atoms with Crippen LogP contribution >= 0.6 is 68.5 Å². The van der Waals surface area contributed by atoms with Gasteiger partial charge in [0.2, 0.25) is 0 Å². The van der Waals surface area contributed by atoms with Crippen LogP contribution in [0.25, 0.3) is 0 Å². The second-order valence-electron chi connectivity index (χ2n) is 26.3. The molecule has 0 bridgehead atoms. The van der Waals surface area contributed by atoms with Gasteiger partial charge in [-0.2, -0.15) is 0 Å². The molecule has 52 heteroatoms. The van der Waals surface area contributed by atoms with E-state index in [-0.39, 0.29) is 198 Å². The fourth-order valence-electron chi connectivity index (χ4n) is 8.22. The molecule has 0 aromatic carbocycles. The Labute approximate surface area is 717 Å². The molecule has 0 aromatic rings. The van der Waals surface area contributed by atoms with Gasteiger partial charge in [0.25, 0.3) is 0 Å². The molecule has 6 unspecified atom stereocenters. The van der Waals surface area contributed by atoms with E-state index in [0.29, 0.717) is 145 Å². The third-order valence-electron chi connectivity index (χ3n) is 13.4. The van der Waals surface area contributed by atoms with Gasteiger partial charge in [0, 0.05) is 11.5 Å². The van der Waals surface area contributed by atoms with Crippen LogP contribution in [0, 0.1) is 0 Å². The average molecular weight is 1920 g/mol. The van der Waals surface area contributed by atoms with Gasteiger partial charge in [-0.15, -0.1) is 0 Å². The van der Waals surface area contributed by atoms with E-state index < -0.39 is 58.1 Å². The Morgan fingerprint density at radius 1 is 0.167 bits per heavy atom. The van der Waals surface area contributed by atoms with Gasteiger partial charge in [0.05, 0.1) is 342 Å². The molecule has 722 valence electrons. The summed E-state index contributed by atoms with van der Waals surface area (Å²) in [4.78, 5) is 58.8. The van der Waals surface area contributed by atoms with Crippen molar-refractivity contribution in [2.24, 2.45) is 0 Å². The van der Waals surface area contributed by atoms with Crippen LogP contribution in [0.15, 0.2) is 0 Å². The molecule has 0 fully saturated rings. The second-order valence-corrected chi connectivity index (χ2v) is 37.5. The number of phosphoric acid groups is 6. The van der Waals surface area contributed by atoms with Gasteiger partial charge in [0.15, 0.2) is 0 Å². The molecule has 0 aliphatic carbocycles. The topological polar surface area (TPSA) is 519 Å². The van der Waals surface area contributed by atoms with E-state index in [1.165, 1.54) is 0 Å². The van der Waals surface area contributed by atoms with Gasteiger partial charge in [-0.05, 0) is 67.2 Å². The Hall–Kier alpha value is 0.560. The summed E-state index contributed by atoms with van der Waals surface area (Å²) >= 11 is 0. The van der Waals surface area contributed by atoms with Crippen molar-refractivity contribution in [3.05, 3.63) is 0 Å². The zero-order valence-electron chi connectivity index (χ0n) is 71.1. The number of ether oxygens (including phenoxy) is 20. The van der Waals surface area contributed by atoms with Gasteiger partial charge in [-0.25, -0.2) is 27.4 Å². The summed E-state index contributed by atoms with van der Waals surface area (Å²) in [6, 6.07) is 0. The van der Waals surface area contributed by atoms with E-state index in [2.05, 4.69) is 0 Å². The summed E-state index contributed by atoms with van der Waals surface area (Å²) in [5.41, 5.74) is -1.63. The number of phosphoric ester groups is 6. The minimum atomic E-state index is -4.28. The smallest absolute Gasteiger partial charge is 0.377 e. The molecule has 6 atom stereocenters. The zero-order chi connectivity index (χ0) is 88.5. The van der Waals surface area contributed by atoms with Crippen LogP contribution in [-0.4, -0.2) is 382 Å². The molecular formula is C68H144O44P6S2. The van der Waals surface area contributed by atoms with Crippen LogP contribution in [0.5, 0.6) is 0 Å². The van der Waals surface area contributed by atoms with Crippen molar-refractivity contribution in [1.82, 2.24) is 0 Å². The maximum absolute atomic E-state index is 12.2. The SMILES string of the molecule is CC(C)(C)OP(=O)(O)OCCOCCOCCOCCOCCOCCOP(=O)(O)OCCOCCOCCOCCOCCOCCOP(=O)(O)OCCCCCCSSCCCCCCOP(=O)(O)OCCOCCOCCOCCOCCOCCOP(=O)(O)OCCOCCOCCOCCOCCOCCOP(=O)(O)OC(C)(C)C. The first-order valence-electron chi connectivity index (χ1n) is 40.1.